The summed E-state index contributed by atoms with van der Waals surface area (Å²) in [4.78, 5) is 15.9. The van der Waals surface area contributed by atoms with Crippen molar-refractivity contribution in [2.45, 2.75) is 20.0 Å². The first-order valence-corrected chi connectivity index (χ1v) is 7.51. The first kappa shape index (κ1) is 16.1. The maximum atomic E-state index is 13.8. The zero-order valence-corrected chi connectivity index (χ0v) is 13.5. The van der Waals surface area contributed by atoms with Crippen LogP contribution in [-0.4, -0.2) is 30.5 Å². The van der Waals surface area contributed by atoms with Gasteiger partial charge in [-0.2, -0.15) is 5.10 Å². The fourth-order valence-corrected chi connectivity index (χ4v) is 2.36. The molecular formula is C15H14ClFN6O. The van der Waals surface area contributed by atoms with Crippen molar-refractivity contribution in [3.8, 4) is 0 Å². The third kappa shape index (κ3) is 3.77. The number of amides is 1. The molecule has 0 radical (unpaired) electrons. The summed E-state index contributed by atoms with van der Waals surface area (Å²) in [6.07, 6.45) is 3.11. The van der Waals surface area contributed by atoms with Gasteiger partial charge in [-0.3, -0.25) is 14.8 Å². The molecule has 2 heterocycles. The summed E-state index contributed by atoms with van der Waals surface area (Å²) < 4.78 is 16.7. The van der Waals surface area contributed by atoms with Crippen LogP contribution in [0.4, 0.5) is 10.3 Å². The van der Waals surface area contributed by atoms with Gasteiger partial charge in [-0.1, -0.05) is 17.7 Å². The van der Waals surface area contributed by atoms with Crippen LogP contribution in [-0.2, 0) is 17.9 Å². The highest BCUT2D eigenvalue weighted by Crippen LogP contribution is 2.19. The Morgan fingerprint density at radius 2 is 2.12 bits per heavy atom. The molecule has 0 fully saturated rings. The average molecular weight is 349 g/mol. The second-order valence-electron chi connectivity index (χ2n) is 5.17. The van der Waals surface area contributed by atoms with Gasteiger partial charge >= 0.3 is 0 Å². The largest absolute Gasteiger partial charge is 0.292 e. The number of nitrogens with zero attached hydrogens (tertiary/aromatic N) is 5. The van der Waals surface area contributed by atoms with Crippen molar-refractivity contribution in [1.29, 1.82) is 0 Å². The molecule has 0 aliphatic rings. The van der Waals surface area contributed by atoms with Crippen molar-refractivity contribution < 1.29 is 9.18 Å². The van der Waals surface area contributed by atoms with Crippen LogP contribution in [0.1, 0.15) is 11.3 Å². The Hall–Kier alpha value is -2.74. The summed E-state index contributed by atoms with van der Waals surface area (Å²) >= 11 is 5.98. The molecular weight excluding hydrogens is 335 g/mol. The van der Waals surface area contributed by atoms with Gasteiger partial charge < -0.3 is 0 Å². The highest BCUT2D eigenvalue weighted by molar-refractivity contribution is 6.31. The molecule has 1 aromatic carbocycles. The van der Waals surface area contributed by atoms with Crippen molar-refractivity contribution in [3.63, 3.8) is 0 Å². The van der Waals surface area contributed by atoms with Crippen molar-refractivity contribution >= 4 is 23.5 Å². The van der Waals surface area contributed by atoms with Crippen LogP contribution < -0.4 is 5.32 Å². The molecule has 3 aromatic rings. The van der Waals surface area contributed by atoms with Crippen LogP contribution >= 0.6 is 11.6 Å². The normalized spacial score (nSPS) is 10.8. The summed E-state index contributed by atoms with van der Waals surface area (Å²) in [6, 6.07) is 6.27. The van der Waals surface area contributed by atoms with Crippen molar-refractivity contribution in [1.82, 2.24) is 24.5 Å². The molecule has 124 valence electrons. The van der Waals surface area contributed by atoms with E-state index in [0.29, 0.717) is 10.6 Å². The van der Waals surface area contributed by atoms with Gasteiger partial charge in [-0.15, -0.1) is 5.10 Å². The molecule has 9 heteroatoms. The fraction of sp³-hybridized carbons (Fsp3) is 0.200. The highest BCUT2D eigenvalue weighted by Gasteiger charge is 2.11. The maximum absolute atomic E-state index is 13.8. The van der Waals surface area contributed by atoms with Gasteiger partial charge in [-0.25, -0.2) is 14.1 Å². The Morgan fingerprint density at radius 3 is 2.83 bits per heavy atom. The lowest BCUT2D eigenvalue weighted by atomic mass is 10.2. The van der Waals surface area contributed by atoms with Crippen LogP contribution in [0.3, 0.4) is 0 Å². The van der Waals surface area contributed by atoms with E-state index in [-0.39, 0.29) is 24.9 Å². The summed E-state index contributed by atoms with van der Waals surface area (Å²) in [5.41, 5.74) is 1.14. The van der Waals surface area contributed by atoms with E-state index in [1.807, 2.05) is 6.92 Å². The third-order valence-electron chi connectivity index (χ3n) is 3.25. The van der Waals surface area contributed by atoms with Gasteiger partial charge in [-0.05, 0) is 25.1 Å². The number of benzene rings is 1. The number of hydrogen-bond acceptors (Lipinski definition) is 4. The molecule has 0 saturated carbocycles. The number of carbonyl (C=O) groups excluding carboxylic acids is 1. The number of rotatable bonds is 5. The van der Waals surface area contributed by atoms with Gasteiger partial charge in [0.1, 0.15) is 18.7 Å². The van der Waals surface area contributed by atoms with E-state index in [9.17, 15) is 9.18 Å². The lowest BCUT2D eigenvalue weighted by molar-refractivity contribution is -0.116. The second-order valence-corrected chi connectivity index (χ2v) is 5.58. The molecule has 7 nitrogen and oxygen atoms in total. The first-order valence-electron chi connectivity index (χ1n) is 7.13. The number of halogens is 2. The summed E-state index contributed by atoms with van der Waals surface area (Å²) in [5.74, 6) is -0.589. The molecule has 1 amide bonds. The maximum Gasteiger partial charge on any atom is 0.248 e. The molecule has 0 spiro atoms. The van der Waals surface area contributed by atoms with Gasteiger partial charge in [0.15, 0.2) is 0 Å². The van der Waals surface area contributed by atoms with Gasteiger partial charge in [0, 0.05) is 16.8 Å². The summed E-state index contributed by atoms with van der Waals surface area (Å²) in [7, 11) is 0. The first-order chi connectivity index (χ1) is 11.5. The molecule has 3 rings (SSSR count). The van der Waals surface area contributed by atoms with E-state index in [1.54, 1.807) is 18.3 Å². The van der Waals surface area contributed by atoms with E-state index >= 15 is 0 Å². The minimum absolute atomic E-state index is 0.0571. The van der Waals surface area contributed by atoms with Gasteiger partial charge in [0.2, 0.25) is 11.9 Å². The Kier molecular flexibility index (Phi) is 4.57. The standard InChI is InChI=1S/C15H14ClFN6O/c1-10-5-6-22(20-10)8-14(24)19-15-18-9-23(21-15)7-11-12(16)3-2-4-13(11)17/h2-6,9H,7-8H2,1H3,(H,19,21,24). The Morgan fingerprint density at radius 1 is 1.29 bits per heavy atom. The lowest BCUT2D eigenvalue weighted by Gasteiger charge is -2.05. The molecule has 0 saturated heterocycles. The summed E-state index contributed by atoms with van der Waals surface area (Å²) in [6.45, 7) is 2.01. The number of carbonyl (C=O) groups is 1. The van der Waals surface area contributed by atoms with E-state index in [4.69, 9.17) is 11.6 Å². The minimum atomic E-state index is -0.419. The molecule has 24 heavy (non-hydrogen) atoms. The molecule has 0 bridgehead atoms. The zero-order chi connectivity index (χ0) is 17.1. The predicted molar refractivity (Wildman–Crippen MR) is 86.1 cm³/mol. The number of anilines is 1. The topological polar surface area (TPSA) is 77.6 Å². The number of nitrogens with one attached hydrogen (secondary N) is 1. The third-order valence-corrected chi connectivity index (χ3v) is 3.60. The lowest BCUT2D eigenvalue weighted by Crippen LogP contribution is -2.20. The molecule has 0 unspecified atom stereocenters. The minimum Gasteiger partial charge on any atom is -0.292 e. The van der Waals surface area contributed by atoms with E-state index in [1.165, 1.54) is 27.8 Å². The molecule has 1 N–H and O–H groups in total. The number of aryl methyl sites for hydroxylation is 1. The molecule has 0 aliphatic heterocycles. The summed E-state index contributed by atoms with van der Waals surface area (Å²) in [5, 5.41) is 11.1. The quantitative estimate of drug-likeness (QED) is 0.767. The predicted octanol–water partition coefficient (Wildman–Crippen LogP) is 2.26. The Labute approximate surface area is 142 Å². The number of aromatic nitrogens is 5. The van der Waals surface area contributed by atoms with Gasteiger partial charge in [0.05, 0.1) is 12.2 Å². The highest BCUT2D eigenvalue weighted by atomic mass is 35.5. The average Bonchev–Trinajstić information content (AvgIpc) is 3.12. The van der Waals surface area contributed by atoms with E-state index < -0.39 is 5.82 Å². The van der Waals surface area contributed by atoms with Crippen molar-refractivity contribution in [2.75, 3.05) is 5.32 Å². The smallest absolute Gasteiger partial charge is 0.248 e. The SMILES string of the molecule is Cc1ccn(CC(=O)Nc2ncn(Cc3c(F)cccc3Cl)n2)n1. The zero-order valence-electron chi connectivity index (χ0n) is 12.8. The Balaban J connectivity index is 1.64. The second kappa shape index (κ2) is 6.79. The van der Waals surface area contributed by atoms with Crippen LogP contribution in [0.2, 0.25) is 5.02 Å². The molecule has 2 aromatic heterocycles. The van der Waals surface area contributed by atoms with E-state index in [0.717, 1.165) is 5.69 Å². The monoisotopic (exact) mass is 348 g/mol. The van der Waals surface area contributed by atoms with Crippen LogP contribution in [0.25, 0.3) is 0 Å². The van der Waals surface area contributed by atoms with Crippen LogP contribution in [0.5, 0.6) is 0 Å². The fourth-order valence-electron chi connectivity index (χ4n) is 2.14. The van der Waals surface area contributed by atoms with Gasteiger partial charge in [0.25, 0.3) is 0 Å². The van der Waals surface area contributed by atoms with Crippen LogP contribution in [0, 0.1) is 12.7 Å². The molecule has 0 atom stereocenters. The molecule has 0 aliphatic carbocycles. The van der Waals surface area contributed by atoms with Crippen molar-refractivity contribution in [3.05, 3.63) is 58.9 Å². The van der Waals surface area contributed by atoms with Crippen LogP contribution in [0.15, 0.2) is 36.8 Å². The van der Waals surface area contributed by atoms with E-state index in [2.05, 4.69) is 20.5 Å². The van der Waals surface area contributed by atoms with Crippen molar-refractivity contribution in [2.24, 2.45) is 0 Å². The Bertz CT molecular complexity index is 854. The number of hydrogen-bond donors (Lipinski definition) is 1.